The summed E-state index contributed by atoms with van der Waals surface area (Å²) in [5.41, 5.74) is 2.85. The van der Waals surface area contributed by atoms with Crippen molar-refractivity contribution in [3.05, 3.63) is 71.8 Å². The molecule has 2 N–H and O–H groups in total. The first-order chi connectivity index (χ1) is 17.3. The van der Waals surface area contributed by atoms with Gasteiger partial charge in [0.15, 0.2) is 0 Å². The highest BCUT2D eigenvalue weighted by molar-refractivity contribution is 5.15. The minimum Gasteiger partial charge on any atom is -0.314 e. The molecule has 1 saturated carbocycles. The molecule has 4 nitrogen and oxygen atoms in total. The van der Waals surface area contributed by atoms with Crippen LogP contribution in [-0.4, -0.2) is 60.1 Å². The van der Waals surface area contributed by atoms with E-state index >= 15 is 0 Å². The average molecular weight is 495 g/mol. The fraction of sp³-hybridized carbons (Fsp3) is 0.625. The molecule has 0 spiro atoms. The number of nitrogens with zero attached hydrogens (tertiary/aromatic N) is 2. The molecule has 2 aromatic rings. The van der Waals surface area contributed by atoms with E-state index in [0.29, 0.717) is 18.1 Å². The van der Waals surface area contributed by atoms with Gasteiger partial charge in [0.05, 0.1) is 0 Å². The molecule has 4 heteroatoms. The highest BCUT2D eigenvalue weighted by atomic mass is 15.2. The number of hydrogen-bond donors (Lipinski definition) is 2. The van der Waals surface area contributed by atoms with Gasteiger partial charge in [0.25, 0.3) is 0 Å². The molecule has 0 aromatic heterocycles. The zero-order chi connectivity index (χ0) is 26.2. The van der Waals surface area contributed by atoms with Gasteiger partial charge in [0, 0.05) is 37.3 Å². The number of benzene rings is 2. The fourth-order valence-electron chi connectivity index (χ4n) is 4.33. The van der Waals surface area contributed by atoms with E-state index in [0.717, 1.165) is 38.8 Å². The summed E-state index contributed by atoms with van der Waals surface area (Å²) in [5.74, 6) is 0. The van der Waals surface area contributed by atoms with Gasteiger partial charge in [-0.25, -0.2) is 0 Å². The monoisotopic (exact) mass is 494 g/mol. The standard InChI is InChI=1S/C16H26N2.C16H28N2/c1-14(2)17-11-6-12-18(16-9-10-16)13-15-7-4-3-5-8-15;1-14(2)17-11-8-12-18(15(3)4)13-16-9-6-5-7-10-16/h3-5,7-8,14,16-17H,6,9-13H2,1-2H3;5-7,9-10,14-15,17H,8,11-13H2,1-4H3. The summed E-state index contributed by atoms with van der Waals surface area (Å²) in [6.07, 6.45) is 5.25. The molecule has 1 aliphatic rings. The van der Waals surface area contributed by atoms with Gasteiger partial charge in [-0.05, 0) is 76.8 Å². The Labute approximate surface area is 222 Å². The van der Waals surface area contributed by atoms with E-state index in [-0.39, 0.29) is 0 Å². The second kappa shape index (κ2) is 17.7. The number of nitrogens with one attached hydrogen (secondary N) is 2. The SMILES string of the molecule is CC(C)NCCCN(Cc1ccccc1)C(C)C.CC(C)NCCCN(Cc1ccccc1)C1CC1. The Balaban J connectivity index is 0.000000254. The van der Waals surface area contributed by atoms with Gasteiger partial charge in [-0.15, -0.1) is 0 Å². The number of rotatable bonds is 16. The van der Waals surface area contributed by atoms with Gasteiger partial charge in [0.2, 0.25) is 0 Å². The van der Waals surface area contributed by atoms with E-state index in [1.807, 2.05) is 0 Å². The maximum Gasteiger partial charge on any atom is 0.0236 e. The highest BCUT2D eigenvalue weighted by Gasteiger charge is 2.28. The Kier molecular flexibility index (Phi) is 15.0. The van der Waals surface area contributed by atoms with Crippen LogP contribution < -0.4 is 10.6 Å². The van der Waals surface area contributed by atoms with Gasteiger partial charge in [-0.2, -0.15) is 0 Å². The van der Waals surface area contributed by atoms with Crippen molar-refractivity contribution >= 4 is 0 Å². The molecule has 0 amide bonds. The smallest absolute Gasteiger partial charge is 0.0236 e. The van der Waals surface area contributed by atoms with Gasteiger partial charge in [-0.3, -0.25) is 9.80 Å². The fourth-order valence-corrected chi connectivity index (χ4v) is 4.33. The van der Waals surface area contributed by atoms with Crippen molar-refractivity contribution in [2.24, 2.45) is 0 Å². The molecule has 202 valence electrons. The molecule has 0 atom stereocenters. The van der Waals surface area contributed by atoms with Crippen molar-refractivity contribution in [3.63, 3.8) is 0 Å². The van der Waals surface area contributed by atoms with Crippen LogP contribution in [0.25, 0.3) is 0 Å². The lowest BCUT2D eigenvalue weighted by Crippen LogP contribution is -2.34. The topological polar surface area (TPSA) is 30.5 Å². The molecule has 0 aliphatic heterocycles. The summed E-state index contributed by atoms with van der Waals surface area (Å²) in [4.78, 5) is 5.19. The summed E-state index contributed by atoms with van der Waals surface area (Å²) in [6, 6.07) is 24.2. The average Bonchev–Trinajstić information content (AvgIpc) is 3.70. The Hall–Kier alpha value is -1.72. The normalized spacial score (nSPS) is 13.6. The van der Waals surface area contributed by atoms with Gasteiger partial charge >= 0.3 is 0 Å². The molecule has 3 rings (SSSR count). The zero-order valence-corrected chi connectivity index (χ0v) is 24.0. The zero-order valence-electron chi connectivity index (χ0n) is 24.0. The molecule has 0 radical (unpaired) electrons. The van der Waals surface area contributed by atoms with Crippen molar-refractivity contribution in [1.29, 1.82) is 0 Å². The quantitative estimate of drug-likeness (QED) is 0.267. The molecular weight excluding hydrogens is 440 g/mol. The third-order valence-electron chi connectivity index (χ3n) is 6.60. The minimum atomic E-state index is 0.589. The third kappa shape index (κ3) is 14.1. The second-order valence-electron chi connectivity index (χ2n) is 11.2. The lowest BCUT2D eigenvalue weighted by Gasteiger charge is -2.26. The lowest BCUT2D eigenvalue weighted by molar-refractivity contribution is 0.209. The molecule has 0 bridgehead atoms. The summed E-state index contributed by atoms with van der Waals surface area (Å²) in [7, 11) is 0. The van der Waals surface area contributed by atoms with E-state index in [2.05, 4.69) is 123 Å². The van der Waals surface area contributed by atoms with Gasteiger partial charge in [0.1, 0.15) is 0 Å². The highest BCUT2D eigenvalue weighted by Crippen LogP contribution is 2.28. The Morgan fingerprint density at radius 2 is 1.14 bits per heavy atom. The van der Waals surface area contributed by atoms with Crippen LogP contribution in [0.1, 0.15) is 78.4 Å². The molecule has 2 aromatic carbocycles. The van der Waals surface area contributed by atoms with E-state index in [1.54, 1.807) is 0 Å². The second-order valence-corrected chi connectivity index (χ2v) is 11.2. The summed E-state index contributed by atoms with van der Waals surface area (Å²) in [5, 5.41) is 6.97. The number of hydrogen-bond acceptors (Lipinski definition) is 4. The van der Waals surface area contributed by atoms with Crippen molar-refractivity contribution in [3.8, 4) is 0 Å². The minimum absolute atomic E-state index is 0.589. The molecular formula is C32H54N4. The van der Waals surface area contributed by atoms with Gasteiger partial charge in [-0.1, -0.05) is 88.4 Å². The molecule has 1 aliphatic carbocycles. The first kappa shape index (κ1) is 30.5. The summed E-state index contributed by atoms with van der Waals surface area (Å²) in [6.45, 7) is 20.2. The van der Waals surface area contributed by atoms with E-state index in [4.69, 9.17) is 0 Å². The van der Waals surface area contributed by atoms with Crippen molar-refractivity contribution in [2.45, 2.75) is 104 Å². The largest absolute Gasteiger partial charge is 0.314 e. The molecule has 0 saturated heterocycles. The van der Waals surface area contributed by atoms with E-state index < -0.39 is 0 Å². The van der Waals surface area contributed by atoms with Crippen molar-refractivity contribution in [1.82, 2.24) is 20.4 Å². The van der Waals surface area contributed by atoms with Crippen molar-refractivity contribution < 1.29 is 0 Å². The van der Waals surface area contributed by atoms with Crippen molar-refractivity contribution in [2.75, 3.05) is 26.2 Å². The molecule has 36 heavy (non-hydrogen) atoms. The van der Waals surface area contributed by atoms with Crippen LogP contribution in [0, 0.1) is 0 Å². The van der Waals surface area contributed by atoms with Crippen LogP contribution >= 0.6 is 0 Å². The van der Waals surface area contributed by atoms with E-state index in [9.17, 15) is 0 Å². The van der Waals surface area contributed by atoms with E-state index in [1.165, 1.54) is 43.4 Å². The summed E-state index contributed by atoms with van der Waals surface area (Å²) < 4.78 is 0. The molecule has 1 fully saturated rings. The van der Waals surface area contributed by atoms with Crippen LogP contribution in [0.4, 0.5) is 0 Å². The molecule has 0 heterocycles. The lowest BCUT2D eigenvalue weighted by atomic mass is 10.2. The maximum atomic E-state index is 3.50. The predicted molar refractivity (Wildman–Crippen MR) is 157 cm³/mol. The Bertz CT molecular complexity index is 712. The van der Waals surface area contributed by atoms with Gasteiger partial charge < -0.3 is 10.6 Å². The Morgan fingerprint density at radius 3 is 1.58 bits per heavy atom. The third-order valence-corrected chi connectivity index (χ3v) is 6.60. The maximum absolute atomic E-state index is 3.50. The van der Waals surface area contributed by atoms with Crippen LogP contribution in [0.5, 0.6) is 0 Å². The first-order valence-electron chi connectivity index (χ1n) is 14.4. The molecule has 0 unspecified atom stereocenters. The predicted octanol–water partition coefficient (Wildman–Crippen LogP) is 6.32. The summed E-state index contributed by atoms with van der Waals surface area (Å²) >= 11 is 0. The van der Waals surface area contributed by atoms with Crippen LogP contribution in [0.3, 0.4) is 0 Å². The van der Waals surface area contributed by atoms with Crippen LogP contribution in [0.2, 0.25) is 0 Å². The van der Waals surface area contributed by atoms with Crippen LogP contribution in [-0.2, 0) is 13.1 Å². The Morgan fingerprint density at radius 1 is 0.667 bits per heavy atom. The van der Waals surface area contributed by atoms with Crippen LogP contribution in [0.15, 0.2) is 60.7 Å². The first-order valence-corrected chi connectivity index (χ1v) is 14.4.